The lowest BCUT2D eigenvalue weighted by molar-refractivity contribution is 0.0455. The van der Waals surface area contributed by atoms with Crippen molar-refractivity contribution in [3.05, 3.63) is 35.5 Å². The van der Waals surface area contributed by atoms with Crippen molar-refractivity contribution in [2.45, 2.75) is 44.6 Å². The van der Waals surface area contributed by atoms with E-state index in [-0.39, 0.29) is 0 Å². The smallest absolute Gasteiger partial charge is 0.126 e. The van der Waals surface area contributed by atoms with E-state index in [1.807, 2.05) is 24.3 Å². The van der Waals surface area contributed by atoms with Gasteiger partial charge in [-0.1, -0.05) is 17.7 Å². The number of methoxy groups -OCH3 is 1. The minimum absolute atomic E-state index is 0.416. The Morgan fingerprint density at radius 3 is 2.72 bits per heavy atom. The number of rotatable bonds is 11. The molecule has 3 heterocycles. The van der Waals surface area contributed by atoms with Gasteiger partial charge >= 0.3 is 0 Å². The number of pyridine rings is 2. The Balaban J connectivity index is 1.33. The highest BCUT2D eigenvalue weighted by atomic mass is 35.5. The molecular weight excluding hydrogens is 476 g/mol. The fourth-order valence-corrected chi connectivity index (χ4v) is 5.15. The molecule has 1 saturated heterocycles. The molecule has 0 amide bonds. The molecule has 0 atom stereocenters. The molecular formula is C27H37ClN6O2. The maximum Gasteiger partial charge on any atom is 0.126 e. The first-order valence-electron chi connectivity index (χ1n) is 12.9. The SMILES string of the molecule is COCCNC1CCC(CNc2cc(-c3cccc(NCC4(C#N)CCOCC4)n3)c(Cl)cn2)CC1. The predicted molar refractivity (Wildman–Crippen MR) is 143 cm³/mol. The molecule has 0 spiro atoms. The van der Waals surface area contributed by atoms with E-state index in [0.29, 0.717) is 36.7 Å². The van der Waals surface area contributed by atoms with Gasteiger partial charge in [0, 0.05) is 57.8 Å². The van der Waals surface area contributed by atoms with Gasteiger partial charge in [0.1, 0.15) is 11.6 Å². The number of aromatic nitrogens is 2. The normalized spacial score (nSPS) is 21.5. The van der Waals surface area contributed by atoms with Crippen molar-refractivity contribution in [3.8, 4) is 17.3 Å². The van der Waals surface area contributed by atoms with Crippen molar-refractivity contribution < 1.29 is 9.47 Å². The number of hydrogen-bond acceptors (Lipinski definition) is 8. The lowest BCUT2D eigenvalue weighted by Gasteiger charge is -2.30. The minimum atomic E-state index is -0.416. The van der Waals surface area contributed by atoms with Gasteiger partial charge in [0.25, 0.3) is 0 Å². The molecule has 0 bridgehead atoms. The van der Waals surface area contributed by atoms with Crippen LogP contribution in [0.2, 0.25) is 5.02 Å². The molecule has 2 aromatic rings. The van der Waals surface area contributed by atoms with Crippen molar-refractivity contribution in [1.82, 2.24) is 15.3 Å². The lowest BCUT2D eigenvalue weighted by atomic mass is 9.82. The molecule has 194 valence electrons. The molecule has 9 heteroatoms. The first kappa shape index (κ1) is 26.6. The van der Waals surface area contributed by atoms with Crippen LogP contribution in [0.3, 0.4) is 0 Å². The summed E-state index contributed by atoms with van der Waals surface area (Å²) in [4.78, 5) is 9.27. The van der Waals surface area contributed by atoms with Gasteiger partial charge in [0.05, 0.1) is 28.8 Å². The summed E-state index contributed by atoms with van der Waals surface area (Å²) in [5, 5.41) is 20.7. The molecule has 3 N–H and O–H groups in total. The molecule has 0 unspecified atom stereocenters. The fraction of sp³-hybridized carbons (Fsp3) is 0.593. The van der Waals surface area contributed by atoms with Crippen LogP contribution in [-0.4, -0.2) is 62.6 Å². The summed E-state index contributed by atoms with van der Waals surface area (Å²) in [5.41, 5.74) is 1.20. The van der Waals surface area contributed by atoms with Crippen molar-refractivity contribution >= 4 is 23.2 Å². The minimum Gasteiger partial charge on any atom is -0.383 e. The van der Waals surface area contributed by atoms with E-state index in [0.717, 1.165) is 55.4 Å². The third-order valence-corrected chi connectivity index (χ3v) is 7.63. The summed E-state index contributed by atoms with van der Waals surface area (Å²) in [6.07, 6.45) is 7.93. The largest absolute Gasteiger partial charge is 0.383 e. The first-order valence-corrected chi connectivity index (χ1v) is 13.3. The zero-order valence-electron chi connectivity index (χ0n) is 21.1. The molecule has 1 saturated carbocycles. The Morgan fingerprint density at radius 1 is 1.17 bits per heavy atom. The second-order valence-corrected chi connectivity index (χ2v) is 10.3. The molecule has 2 aromatic heterocycles. The maximum atomic E-state index is 9.72. The highest BCUT2D eigenvalue weighted by Crippen LogP contribution is 2.32. The van der Waals surface area contributed by atoms with Gasteiger partial charge < -0.3 is 25.4 Å². The van der Waals surface area contributed by atoms with Crippen molar-refractivity contribution in [1.29, 1.82) is 5.26 Å². The van der Waals surface area contributed by atoms with Gasteiger partial charge in [-0.3, -0.25) is 0 Å². The van der Waals surface area contributed by atoms with Crippen molar-refractivity contribution in [2.24, 2.45) is 11.3 Å². The standard InChI is InChI=1S/C27H37ClN6O2/c1-35-14-11-30-21-7-5-20(6-8-21)16-31-26-15-22(23(28)17-32-26)24-3-2-4-25(34-24)33-19-27(18-29)9-12-36-13-10-27/h2-4,15,17,20-21,30H,5-14,16,19H2,1H3,(H,31,32)(H,33,34). The highest BCUT2D eigenvalue weighted by Gasteiger charge is 2.32. The molecule has 1 aliphatic heterocycles. The van der Waals surface area contributed by atoms with Gasteiger partial charge in [-0.05, 0) is 62.6 Å². The van der Waals surface area contributed by atoms with Crippen molar-refractivity contribution in [3.63, 3.8) is 0 Å². The monoisotopic (exact) mass is 512 g/mol. The zero-order valence-corrected chi connectivity index (χ0v) is 21.8. The van der Waals surface area contributed by atoms with Gasteiger partial charge in [-0.2, -0.15) is 5.26 Å². The average molecular weight is 513 g/mol. The number of hydrogen-bond donors (Lipinski definition) is 3. The Hall–Kier alpha value is -2.44. The van der Waals surface area contributed by atoms with Gasteiger partial charge in [-0.25, -0.2) is 9.97 Å². The van der Waals surface area contributed by atoms with E-state index in [1.54, 1.807) is 13.3 Å². The van der Waals surface area contributed by atoms with Crippen molar-refractivity contribution in [2.75, 3.05) is 57.2 Å². The molecule has 36 heavy (non-hydrogen) atoms. The van der Waals surface area contributed by atoms with Gasteiger partial charge in [-0.15, -0.1) is 0 Å². The predicted octanol–water partition coefficient (Wildman–Crippen LogP) is 4.74. The van der Waals surface area contributed by atoms with E-state index in [2.05, 4.69) is 27.0 Å². The Bertz CT molecular complexity index is 1020. The molecule has 0 aromatic carbocycles. The maximum absolute atomic E-state index is 9.72. The summed E-state index contributed by atoms with van der Waals surface area (Å²) < 4.78 is 10.6. The van der Waals surface area contributed by atoms with E-state index in [4.69, 9.17) is 26.1 Å². The number of nitrogens with one attached hydrogen (secondary N) is 3. The average Bonchev–Trinajstić information content (AvgIpc) is 2.93. The van der Waals surface area contributed by atoms with Gasteiger partial charge in [0.15, 0.2) is 0 Å². The number of nitrogens with zero attached hydrogens (tertiary/aromatic N) is 3. The summed E-state index contributed by atoms with van der Waals surface area (Å²) in [6.45, 7) is 4.37. The van der Waals surface area contributed by atoms with Crippen LogP contribution in [0.5, 0.6) is 0 Å². The molecule has 2 fully saturated rings. The number of nitriles is 1. The summed E-state index contributed by atoms with van der Waals surface area (Å²) >= 11 is 6.52. The van der Waals surface area contributed by atoms with Crippen LogP contribution in [0.4, 0.5) is 11.6 Å². The third-order valence-electron chi connectivity index (χ3n) is 7.33. The molecule has 8 nitrogen and oxygen atoms in total. The first-order chi connectivity index (χ1) is 17.6. The zero-order chi connectivity index (χ0) is 25.2. The fourth-order valence-electron chi connectivity index (χ4n) is 4.95. The summed E-state index contributed by atoms with van der Waals surface area (Å²) in [7, 11) is 1.74. The third kappa shape index (κ3) is 7.30. The molecule has 0 radical (unpaired) electrons. The second-order valence-electron chi connectivity index (χ2n) is 9.86. The summed E-state index contributed by atoms with van der Waals surface area (Å²) in [6, 6.07) is 10.9. The van der Waals surface area contributed by atoms with Crippen LogP contribution >= 0.6 is 11.6 Å². The van der Waals surface area contributed by atoms with E-state index in [9.17, 15) is 5.26 Å². The highest BCUT2D eigenvalue weighted by molar-refractivity contribution is 6.33. The quantitative estimate of drug-likeness (QED) is 0.371. The summed E-state index contributed by atoms with van der Waals surface area (Å²) in [5.74, 6) is 2.17. The van der Waals surface area contributed by atoms with E-state index in [1.165, 1.54) is 25.7 Å². The van der Waals surface area contributed by atoms with Crippen LogP contribution in [-0.2, 0) is 9.47 Å². The number of anilines is 2. The Kier molecular flexibility index (Phi) is 9.76. The molecule has 1 aliphatic carbocycles. The lowest BCUT2D eigenvalue weighted by Crippen LogP contribution is -2.36. The number of halogens is 1. The Morgan fingerprint density at radius 2 is 1.97 bits per heavy atom. The van der Waals surface area contributed by atoms with Crippen LogP contribution < -0.4 is 16.0 Å². The van der Waals surface area contributed by atoms with Crippen LogP contribution in [0.15, 0.2) is 30.5 Å². The van der Waals surface area contributed by atoms with E-state index < -0.39 is 5.41 Å². The van der Waals surface area contributed by atoms with E-state index >= 15 is 0 Å². The topological polar surface area (TPSA) is 104 Å². The Labute approximate surface area is 219 Å². The number of ether oxygens (including phenoxy) is 2. The molecule has 2 aliphatic rings. The van der Waals surface area contributed by atoms with Gasteiger partial charge in [0.2, 0.25) is 0 Å². The van der Waals surface area contributed by atoms with Crippen LogP contribution in [0.25, 0.3) is 11.3 Å². The van der Waals surface area contributed by atoms with Crippen LogP contribution in [0, 0.1) is 22.7 Å². The van der Waals surface area contributed by atoms with Crippen LogP contribution in [0.1, 0.15) is 38.5 Å². The second kappa shape index (κ2) is 13.2. The molecule has 4 rings (SSSR count).